The van der Waals surface area contributed by atoms with Crippen LogP contribution >= 0.6 is 0 Å². The molecule has 23 heavy (non-hydrogen) atoms. The van der Waals surface area contributed by atoms with Gasteiger partial charge in [0.05, 0.1) is 0 Å². The first-order valence-corrected chi connectivity index (χ1v) is 9.01. The van der Waals surface area contributed by atoms with Gasteiger partial charge in [-0.25, -0.2) is 0 Å². The van der Waals surface area contributed by atoms with Crippen molar-refractivity contribution in [3.8, 4) is 5.75 Å². The topological polar surface area (TPSA) is 38.3 Å². The maximum Gasteiger partial charge on any atom is 0.261 e. The van der Waals surface area contributed by atoms with Crippen LogP contribution in [0.2, 0.25) is 0 Å². The predicted octanol–water partition coefficient (Wildman–Crippen LogP) is 4.19. The number of rotatable bonds is 5. The number of amides is 1. The smallest absolute Gasteiger partial charge is 0.261 e. The molecular weight excluding hydrogens is 286 g/mol. The van der Waals surface area contributed by atoms with Crippen LogP contribution in [0, 0.1) is 18.8 Å². The first-order chi connectivity index (χ1) is 10.9. The fourth-order valence-electron chi connectivity index (χ4n) is 4.19. The summed E-state index contributed by atoms with van der Waals surface area (Å²) in [6, 6.07) is 6.61. The summed E-state index contributed by atoms with van der Waals surface area (Å²) in [5.41, 5.74) is 2.32. The summed E-state index contributed by atoms with van der Waals surface area (Å²) < 4.78 is 6.03. The highest BCUT2D eigenvalue weighted by Crippen LogP contribution is 2.44. The van der Waals surface area contributed by atoms with Crippen molar-refractivity contribution in [2.24, 2.45) is 11.8 Å². The molecule has 0 radical (unpaired) electrons. The molecule has 1 amide bonds. The van der Waals surface area contributed by atoms with E-state index in [0.717, 1.165) is 29.2 Å². The van der Waals surface area contributed by atoms with E-state index >= 15 is 0 Å². The molecule has 1 aromatic rings. The molecule has 0 spiro atoms. The second kappa shape index (κ2) is 6.54. The summed E-state index contributed by atoms with van der Waals surface area (Å²) in [5.74, 6) is 2.79. The van der Waals surface area contributed by atoms with Gasteiger partial charge in [-0.15, -0.1) is 0 Å². The molecule has 4 atom stereocenters. The number of ether oxygens (including phenoxy) is 1. The zero-order chi connectivity index (χ0) is 16.6. The van der Waals surface area contributed by atoms with Gasteiger partial charge < -0.3 is 10.1 Å². The van der Waals surface area contributed by atoms with E-state index in [4.69, 9.17) is 4.74 Å². The van der Waals surface area contributed by atoms with E-state index in [1.165, 1.54) is 19.3 Å². The average Bonchev–Trinajstić information content (AvgIpc) is 3.09. The van der Waals surface area contributed by atoms with Crippen molar-refractivity contribution in [3.05, 3.63) is 29.3 Å². The molecule has 126 valence electrons. The van der Waals surface area contributed by atoms with Crippen molar-refractivity contribution in [1.29, 1.82) is 0 Å². The number of nitrogens with one attached hydrogen (secondary N) is 1. The minimum absolute atomic E-state index is 0.0266. The lowest BCUT2D eigenvalue weighted by atomic mass is 9.95. The standard InChI is InChI=1S/C20H29NO2/c1-12(2)17-8-5-13(3)9-19(17)23-14(4)20(22)21-18-11-15-6-7-16(18)10-15/h5,8-9,12,14-16,18H,6-7,10-11H2,1-4H3,(H,21,22)/t14-,15+,16+,18-/m1/s1. The first kappa shape index (κ1) is 16.4. The van der Waals surface area contributed by atoms with Crippen molar-refractivity contribution in [3.63, 3.8) is 0 Å². The van der Waals surface area contributed by atoms with E-state index in [0.29, 0.717) is 17.9 Å². The van der Waals surface area contributed by atoms with Gasteiger partial charge in [0.1, 0.15) is 5.75 Å². The van der Waals surface area contributed by atoms with Gasteiger partial charge in [-0.2, -0.15) is 0 Å². The number of fused-ring (bicyclic) bond motifs is 2. The number of aryl methyl sites for hydroxylation is 1. The number of benzene rings is 1. The highest BCUT2D eigenvalue weighted by Gasteiger charge is 2.40. The minimum Gasteiger partial charge on any atom is -0.481 e. The lowest BCUT2D eigenvalue weighted by Gasteiger charge is -2.25. The predicted molar refractivity (Wildman–Crippen MR) is 92.7 cm³/mol. The lowest BCUT2D eigenvalue weighted by Crippen LogP contribution is -2.44. The third-order valence-electron chi connectivity index (χ3n) is 5.53. The molecule has 2 saturated carbocycles. The lowest BCUT2D eigenvalue weighted by molar-refractivity contribution is -0.128. The van der Waals surface area contributed by atoms with Crippen molar-refractivity contribution < 1.29 is 9.53 Å². The molecule has 0 heterocycles. The van der Waals surface area contributed by atoms with Gasteiger partial charge in [-0.1, -0.05) is 32.4 Å². The highest BCUT2D eigenvalue weighted by atomic mass is 16.5. The summed E-state index contributed by atoms with van der Waals surface area (Å²) in [5, 5.41) is 3.23. The largest absolute Gasteiger partial charge is 0.481 e. The van der Waals surface area contributed by atoms with Gasteiger partial charge in [-0.3, -0.25) is 4.79 Å². The van der Waals surface area contributed by atoms with Crippen LogP contribution in [0.25, 0.3) is 0 Å². The third kappa shape index (κ3) is 3.54. The molecule has 1 aromatic carbocycles. The Morgan fingerprint density at radius 3 is 2.61 bits per heavy atom. The van der Waals surface area contributed by atoms with Crippen LogP contribution in [0.3, 0.4) is 0 Å². The first-order valence-electron chi connectivity index (χ1n) is 9.01. The molecule has 1 N–H and O–H groups in total. The van der Waals surface area contributed by atoms with E-state index in [1.807, 2.05) is 13.0 Å². The molecule has 0 unspecified atom stereocenters. The van der Waals surface area contributed by atoms with Crippen LogP contribution < -0.4 is 10.1 Å². The van der Waals surface area contributed by atoms with Gasteiger partial charge >= 0.3 is 0 Å². The molecule has 3 heteroatoms. The molecular formula is C20H29NO2. The Morgan fingerprint density at radius 1 is 1.22 bits per heavy atom. The quantitative estimate of drug-likeness (QED) is 0.885. The van der Waals surface area contributed by atoms with Gasteiger partial charge in [0, 0.05) is 6.04 Å². The Bertz CT molecular complexity index is 581. The number of hydrogen-bond acceptors (Lipinski definition) is 2. The average molecular weight is 315 g/mol. The molecule has 0 saturated heterocycles. The van der Waals surface area contributed by atoms with Gasteiger partial charge in [0.15, 0.2) is 6.10 Å². The molecule has 2 bridgehead atoms. The van der Waals surface area contributed by atoms with E-state index in [9.17, 15) is 4.79 Å². The normalized spacial score (nSPS) is 27.3. The van der Waals surface area contributed by atoms with Gasteiger partial charge in [0.25, 0.3) is 5.91 Å². The van der Waals surface area contributed by atoms with Gasteiger partial charge in [0.2, 0.25) is 0 Å². The van der Waals surface area contributed by atoms with Crippen LogP contribution in [-0.4, -0.2) is 18.1 Å². The molecule has 0 aliphatic heterocycles. The van der Waals surface area contributed by atoms with E-state index in [-0.39, 0.29) is 5.91 Å². The summed E-state index contributed by atoms with van der Waals surface area (Å²) in [7, 11) is 0. The Balaban J connectivity index is 1.63. The van der Waals surface area contributed by atoms with Gasteiger partial charge in [-0.05, 0) is 68.1 Å². The zero-order valence-electron chi connectivity index (χ0n) is 14.8. The van der Waals surface area contributed by atoms with Crippen molar-refractivity contribution >= 4 is 5.91 Å². The number of hydrogen-bond donors (Lipinski definition) is 1. The summed E-state index contributed by atoms with van der Waals surface area (Å²) in [6.45, 7) is 8.21. The summed E-state index contributed by atoms with van der Waals surface area (Å²) in [6.07, 6.45) is 4.64. The SMILES string of the molecule is Cc1ccc(C(C)C)c(O[C@H](C)C(=O)N[C@@H]2C[C@H]3CC[C@H]2C3)c1. The Labute approximate surface area is 139 Å². The minimum atomic E-state index is -0.451. The highest BCUT2D eigenvalue weighted by molar-refractivity contribution is 5.81. The van der Waals surface area contributed by atoms with Crippen LogP contribution in [-0.2, 0) is 4.79 Å². The molecule has 0 aromatic heterocycles. The van der Waals surface area contributed by atoms with Crippen LogP contribution in [0.1, 0.15) is 63.5 Å². The maximum absolute atomic E-state index is 12.5. The molecule has 2 aliphatic carbocycles. The van der Waals surface area contributed by atoms with E-state index in [2.05, 4.69) is 38.2 Å². The Kier molecular flexibility index (Phi) is 4.65. The maximum atomic E-state index is 12.5. The van der Waals surface area contributed by atoms with Crippen molar-refractivity contribution in [2.75, 3.05) is 0 Å². The Morgan fingerprint density at radius 2 is 2.00 bits per heavy atom. The molecule has 2 fully saturated rings. The Hall–Kier alpha value is -1.51. The van der Waals surface area contributed by atoms with Crippen molar-refractivity contribution in [2.45, 2.75) is 71.4 Å². The third-order valence-corrected chi connectivity index (χ3v) is 5.53. The monoisotopic (exact) mass is 315 g/mol. The molecule has 3 nitrogen and oxygen atoms in total. The second-order valence-electron chi connectivity index (χ2n) is 7.75. The molecule has 2 aliphatic rings. The van der Waals surface area contributed by atoms with Crippen LogP contribution in [0.4, 0.5) is 0 Å². The zero-order valence-corrected chi connectivity index (χ0v) is 14.8. The summed E-state index contributed by atoms with van der Waals surface area (Å²) in [4.78, 5) is 12.5. The second-order valence-corrected chi connectivity index (χ2v) is 7.75. The summed E-state index contributed by atoms with van der Waals surface area (Å²) >= 11 is 0. The van der Waals surface area contributed by atoms with E-state index < -0.39 is 6.10 Å². The molecule has 3 rings (SSSR count). The van der Waals surface area contributed by atoms with Crippen molar-refractivity contribution in [1.82, 2.24) is 5.32 Å². The number of carbonyl (C=O) groups is 1. The number of carbonyl (C=O) groups excluding carboxylic acids is 1. The fraction of sp³-hybridized carbons (Fsp3) is 0.650. The fourth-order valence-corrected chi connectivity index (χ4v) is 4.19. The van der Waals surface area contributed by atoms with Crippen LogP contribution in [0.5, 0.6) is 5.75 Å². The van der Waals surface area contributed by atoms with E-state index in [1.54, 1.807) is 0 Å². The van der Waals surface area contributed by atoms with Crippen LogP contribution in [0.15, 0.2) is 18.2 Å².